The van der Waals surface area contributed by atoms with Gasteiger partial charge in [0.05, 0.1) is 12.0 Å². The molecule has 126 valence electrons. The van der Waals surface area contributed by atoms with Gasteiger partial charge in [-0.2, -0.15) is 0 Å². The first-order chi connectivity index (χ1) is 12.3. The molecule has 0 unspecified atom stereocenters. The van der Waals surface area contributed by atoms with Crippen molar-refractivity contribution in [2.45, 2.75) is 17.0 Å². The molecule has 0 aliphatic carbocycles. The summed E-state index contributed by atoms with van der Waals surface area (Å²) in [6.07, 6.45) is 1.57. The van der Waals surface area contributed by atoms with Crippen molar-refractivity contribution in [3.05, 3.63) is 54.1 Å². The molecule has 0 aliphatic rings. The molecule has 7 nitrogen and oxygen atoms in total. The normalized spacial score (nSPS) is 10.9. The second kappa shape index (κ2) is 7.08. The molecule has 0 radical (unpaired) electrons. The smallest absolute Gasteiger partial charge is 0.283 e. The highest BCUT2D eigenvalue weighted by molar-refractivity contribution is 8.00. The van der Waals surface area contributed by atoms with E-state index in [2.05, 4.69) is 31.8 Å². The van der Waals surface area contributed by atoms with E-state index in [1.165, 1.54) is 28.7 Å². The first-order valence-electron chi connectivity index (χ1n) is 7.42. The number of hydrogen-bond acceptors (Lipinski definition) is 9. The second-order valence-corrected chi connectivity index (χ2v) is 7.33. The molecule has 0 saturated heterocycles. The monoisotopic (exact) mass is 371 g/mol. The zero-order chi connectivity index (χ0) is 17.1. The van der Waals surface area contributed by atoms with E-state index in [1.54, 1.807) is 18.4 Å². The van der Waals surface area contributed by atoms with Gasteiger partial charge in [0.2, 0.25) is 11.0 Å². The number of thioether (sulfide) groups is 1. The van der Waals surface area contributed by atoms with Crippen LogP contribution in [-0.4, -0.2) is 20.4 Å². The molecule has 0 fully saturated rings. The molecule has 4 rings (SSSR count). The van der Waals surface area contributed by atoms with E-state index in [4.69, 9.17) is 8.83 Å². The van der Waals surface area contributed by atoms with Crippen molar-refractivity contribution >= 4 is 33.9 Å². The van der Waals surface area contributed by atoms with Crippen LogP contribution >= 0.6 is 23.1 Å². The predicted molar refractivity (Wildman–Crippen MR) is 95.9 cm³/mol. The van der Waals surface area contributed by atoms with Gasteiger partial charge in [0.1, 0.15) is 0 Å². The number of furan rings is 1. The fourth-order valence-electron chi connectivity index (χ4n) is 2.10. The molecule has 0 spiro atoms. The Morgan fingerprint density at radius 3 is 2.92 bits per heavy atom. The van der Waals surface area contributed by atoms with E-state index in [9.17, 15) is 0 Å². The third-order valence-electron chi connectivity index (χ3n) is 3.19. The third kappa shape index (κ3) is 3.89. The number of aromatic nitrogens is 4. The highest BCUT2D eigenvalue weighted by atomic mass is 32.2. The molecule has 9 heteroatoms. The van der Waals surface area contributed by atoms with Crippen LogP contribution < -0.4 is 5.32 Å². The Hall–Kier alpha value is -2.65. The maximum absolute atomic E-state index is 5.57. The van der Waals surface area contributed by atoms with Crippen LogP contribution in [0.5, 0.6) is 0 Å². The van der Waals surface area contributed by atoms with Crippen molar-refractivity contribution in [3.8, 4) is 11.7 Å². The summed E-state index contributed by atoms with van der Waals surface area (Å²) in [4.78, 5) is 0. The Kier molecular flexibility index (Phi) is 4.49. The van der Waals surface area contributed by atoms with E-state index in [0.717, 1.165) is 15.2 Å². The first kappa shape index (κ1) is 15.9. The van der Waals surface area contributed by atoms with Crippen LogP contribution in [0.1, 0.15) is 11.5 Å². The van der Waals surface area contributed by atoms with E-state index >= 15 is 0 Å². The molecule has 25 heavy (non-hydrogen) atoms. The molecule has 0 saturated carbocycles. The Bertz CT molecular complexity index is 965. The molecule has 0 amide bonds. The fourth-order valence-corrected chi connectivity index (χ4v) is 3.71. The van der Waals surface area contributed by atoms with Crippen molar-refractivity contribution in [2.24, 2.45) is 0 Å². The second-order valence-electron chi connectivity index (χ2n) is 5.13. The number of aryl methyl sites for hydroxylation is 1. The average Bonchev–Trinajstić information content (AvgIpc) is 3.34. The summed E-state index contributed by atoms with van der Waals surface area (Å²) in [7, 11) is 0. The number of nitrogens with zero attached hydrogens (tertiary/aromatic N) is 4. The van der Waals surface area contributed by atoms with Gasteiger partial charge in [0, 0.05) is 5.69 Å². The maximum atomic E-state index is 5.57. The minimum Gasteiger partial charge on any atom is -0.459 e. The Balaban J connectivity index is 1.37. The zero-order valence-electron chi connectivity index (χ0n) is 13.2. The zero-order valence-corrected chi connectivity index (χ0v) is 14.8. The van der Waals surface area contributed by atoms with Crippen LogP contribution in [-0.2, 0) is 5.75 Å². The van der Waals surface area contributed by atoms with Gasteiger partial charge < -0.3 is 14.2 Å². The van der Waals surface area contributed by atoms with E-state index in [0.29, 0.717) is 23.3 Å². The van der Waals surface area contributed by atoms with Crippen molar-refractivity contribution < 1.29 is 8.83 Å². The molecule has 3 heterocycles. The Morgan fingerprint density at radius 1 is 1.12 bits per heavy atom. The Labute approximate surface area is 151 Å². The molecule has 0 aliphatic heterocycles. The van der Waals surface area contributed by atoms with Crippen molar-refractivity contribution in [1.29, 1.82) is 0 Å². The standard InChI is InChI=1S/C16H13N5O2S2/c1-10-4-2-5-11(8-10)17-15-20-21-16(25-15)24-9-13-18-19-14(23-13)12-6-3-7-22-12/h2-8H,9H2,1H3,(H,17,20). The van der Waals surface area contributed by atoms with Crippen molar-refractivity contribution in [3.63, 3.8) is 0 Å². The number of hydrogen-bond donors (Lipinski definition) is 1. The predicted octanol–water partition coefficient (Wildman–Crippen LogP) is 4.53. The SMILES string of the molecule is Cc1cccc(Nc2nnc(SCc3nnc(-c4ccco4)o3)s2)c1. The number of benzene rings is 1. The van der Waals surface area contributed by atoms with Crippen LogP contribution in [0.25, 0.3) is 11.7 Å². The summed E-state index contributed by atoms with van der Waals surface area (Å²) in [6.45, 7) is 2.05. The van der Waals surface area contributed by atoms with Crippen molar-refractivity contribution in [2.75, 3.05) is 5.32 Å². The summed E-state index contributed by atoms with van der Waals surface area (Å²) in [5, 5.41) is 20.3. The van der Waals surface area contributed by atoms with Gasteiger partial charge in [-0.15, -0.1) is 20.4 Å². The lowest BCUT2D eigenvalue weighted by atomic mass is 10.2. The quantitative estimate of drug-likeness (QED) is 0.495. The van der Waals surface area contributed by atoms with Gasteiger partial charge in [0.25, 0.3) is 5.89 Å². The maximum Gasteiger partial charge on any atom is 0.283 e. The molecule has 0 atom stereocenters. The van der Waals surface area contributed by atoms with Crippen LogP contribution in [0.2, 0.25) is 0 Å². The van der Waals surface area contributed by atoms with Gasteiger partial charge in [-0.05, 0) is 36.8 Å². The lowest BCUT2D eigenvalue weighted by Crippen LogP contribution is -1.89. The highest BCUT2D eigenvalue weighted by Gasteiger charge is 2.12. The van der Waals surface area contributed by atoms with Crippen molar-refractivity contribution in [1.82, 2.24) is 20.4 Å². The minimum absolute atomic E-state index is 0.375. The Morgan fingerprint density at radius 2 is 2.08 bits per heavy atom. The largest absolute Gasteiger partial charge is 0.459 e. The van der Waals surface area contributed by atoms with Crippen LogP contribution in [0, 0.1) is 6.92 Å². The molecular weight excluding hydrogens is 358 g/mol. The van der Waals surface area contributed by atoms with E-state index < -0.39 is 0 Å². The van der Waals surface area contributed by atoms with E-state index in [1.807, 2.05) is 25.1 Å². The molecule has 1 aromatic carbocycles. The number of anilines is 2. The summed E-state index contributed by atoms with van der Waals surface area (Å²) in [5.41, 5.74) is 2.18. The van der Waals surface area contributed by atoms with Gasteiger partial charge >= 0.3 is 0 Å². The van der Waals surface area contributed by atoms with E-state index in [-0.39, 0.29) is 0 Å². The molecule has 3 aromatic heterocycles. The fraction of sp³-hybridized carbons (Fsp3) is 0.125. The highest BCUT2D eigenvalue weighted by Crippen LogP contribution is 2.30. The van der Waals surface area contributed by atoms with Gasteiger partial charge in [-0.3, -0.25) is 0 Å². The molecule has 0 bridgehead atoms. The first-order valence-corrected chi connectivity index (χ1v) is 9.23. The summed E-state index contributed by atoms with van der Waals surface area (Å²) in [6, 6.07) is 11.7. The van der Waals surface area contributed by atoms with Crippen LogP contribution in [0.15, 0.2) is 55.8 Å². The molecule has 1 N–H and O–H groups in total. The minimum atomic E-state index is 0.375. The van der Waals surface area contributed by atoms with Crippen LogP contribution in [0.3, 0.4) is 0 Å². The van der Waals surface area contributed by atoms with Gasteiger partial charge in [0.15, 0.2) is 10.1 Å². The summed E-state index contributed by atoms with van der Waals surface area (Å²) >= 11 is 2.98. The molecule has 4 aromatic rings. The average molecular weight is 371 g/mol. The topological polar surface area (TPSA) is 89.9 Å². The van der Waals surface area contributed by atoms with Gasteiger partial charge in [-0.25, -0.2) is 0 Å². The number of rotatable bonds is 6. The van der Waals surface area contributed by atoms with Crippen LogP contribution in [0.4, 0.5) is 10.8 Å². The lowest BCUT2D eigenvalue weighted by molar-refractivity contribution is 0.494. The lowest BCUT2D eigenvalue weighted by Gasteiger charge is -2.01. The summed E-state index contributed by atoms with van der Waals surface area (Å²) in [5.74, 6) is 1.97. The number of nitrogens with one attached hydrogen (secondary N) is 1. The summed E-state index contributed by atoms with van der Waals surface area (Å²) < 4.78 is 11.6. The van der Waals surface area contributed by atoms with Gasteiger partial charge in [-0.1, -0.05) is 35.2 Å². The molecular formula is C16H13N5O2S2. The third-order valence-corrected chi connectivity index (χ3v) is 5.15.